The van der Waals surface area contributed by atoms with Gasteiger partial charge in [0.2, 0.25) is 0 Å². The van der Waals surface area contributed by atoms with E-state index in [1.54, 1.807) is 6.92 Å². The number of hydrogen-bond donors (Lipinski definition) is 0. The molecule has 2 nitrogen and oxygen atoms in total. The standard InChI is InChI=1S/C33H12B13N2/c1-11(34)21(35)25(39)20-18(33-47-13-9-5-6-10-14(13)48(33)12-7-3-2-4-8-12)16-15(23(37)28(42)29(43)24(16)38)17(22(20)36)19-26(40)30(44)32(46)31(45)27(19)41/h2-10H,1H3/b21-11-,25-20+. The van der Waals surface area contributed by atoms with E-state index in [2.05, 4.69) is 0 Å². The van der Waals surface area contributed by atoms with Crippen LogP contribution in [0.4, 0.5) is 0 Å². The molecule has 0 saturated carbocycles. The maximum absolute atomic E-state index is 7.18. The number of allylic oxidation sites excluding steroid dienone is 2. The summed E-state index contributed by atoms with van der Waals surface area (Å²) < 4.78 is 1.93. The molecule has 0 atom stereocenters. The van der Waals surface area contributed by atoms with Gasteiger partial charge in [-0.2, -0.15) is 0 Å². The molecule has 193 valence electrons. The number of imidazole rings is 1. The van der Waals surface area contributed by atoms with E-state index in [0.29, 0.717) is 16.9 Å². The summed E-state index contributed by atoms with van der Waals surface area (Å²) in [5.74, 6) is 0.374. The van der Waals surface area contributed by atoms with Crippen LogP contribution in [-0.2, 0) is 0 Å². The molecular formula is C33H12B13N2. The molecule has 0 spiro atoms. The molecule has 48 heavy (non-hydrogen) atoms. The van der Waals surface area contributed by atoms with Gasteiger partial charge in [-0.25, -0.2) is 0 Å². The van der Waals surface area contributed by atoms with Crippen molar-refractivity contribution in [2.24, 2.45) is 0 Å². The molecule has 0 aliphatic carbocycles. The van der Waals surface area contributed by atoms with Gasteiger partial charge in [-0.1, -0.05) is 0 Å². The summed E-state index contributed by atoms with van der Waals surface area (Å²) in [5, 5.41) is 0.728. The van der Waals surface area contributed by atoms with E-state index in [1.807, 2.05) is 59.2 Å². The third-order valence-corrected chi connectivity index (χ3v) is 8.68. The van der Waals surface area contributed by atoms with Crippen molar-refractivity contribution in [1.29, 1.82) is 0 Å². The first kappa shape index (κ1) is 34.2. The molecule has 0 N–H and O–H groups in total. The van der Waals surface area contributed by atoms with Gasteiger partial charge in [-0.3, -0.25) is 0 Å². The third kappa shape index (κ3) is 5.06. The summed E-state index contributed by atoms with van der Waals surface area (Å²) in [6.07, 6.45) is 0. The monoisotopic (exact) mass is 579 g/mol. The van der Waals surface area contributed by atoms with Crippen molar-refractivity contribution in [3.8, 4) is 28.2 Å². The van der Waals surface area contributed by atoms with E-state index < -0.39 is 0 Å². The van der Waals surface area contributed by atoms with Crippen molar-refractivity contribution in [2.45, 2.75) is 6.92 Å². The quantitative estimate of drug-likeness (QED) is 0.192. The van der Waals surface area contributed by atoms with E-state index in [1.165, 1.54) is 0 Å². The van der Waals surface area contributed by atoms with Gasteiger partial charge in [0.05, 0.1) is 0 Å². The zero-order chi connectivity index (χ0) is 34.9. The van der Waals surface area contributed by atoms with Crippen molar-refractivity contribution < 1.29 is 0 Å². The molecule has 1 heterocycles. The Morgan fingerprint density at radius 3 is 1.60 bits per heavy atom. The number of benzene rings is 5. The van der Waals surface area contributed by atoms with Crippen LogP contribution in [0.25, 0.3) is 55.5 Å². The maximum atomic E-state index is 7.18. The second-order valence-corrected chi connectivity index (χ2v) is 11.5. The second kappa shape index (κ2) is 12.6. The molecule has 6 rings (SSSR count). The van der Waals surface area contributed by atoms with Gasteiger partial charge in [0, 0.05) is 0 Å². The summed E-state index contributed by atoms with van der Waals surface area (Å²) in [6, 6.07) is 17.1. The summed E-state index contributed by atoms with van der Waals surface area (Å²) in [5.41, 5.74) is 3.07. The van der Waals surface area contributed by atoms with Crippen molar-refractivity contribution >= 4 is 178 Å². The van der Waals surface area contributed by atoms with Gasteiger partial charge in [0.1, 0.15) is 0 Å². The van der Waals surface area contributed by atoms with Crippen molar-refractivity contribution in [1.82, 2.24) is 9.55 Å². The molecule has 0 fully saturated rings. The van der Waals surface area contributed by atoms with Crippen LogP contribution >= 0.6 is 0 Å². The third-order valence-electron chi connectivity index (χ3n) is 8.68. The fourth-order valence-electron chi connectivity index (χ4n) is 6.13. The Balaban J connectivity index is 2.05. The Bertz CT molecular complexity index is 2470. The molecule has 0 bridgehead atoms. The first-order valence-corrected chi connectivity index (χ1v) is 14.6. The van der Waals surface area contributed by atoms with E-state index in [9.17, 15) is 0 Å². The van der Waals surface area contributed by atoms with Gasteiger partial charge in [0.25, 0.3) is 0 Å². The molecular weight excluding hydrogens is 565 g/mol. The number of nitrogens with zero attached hydrogens (tertiary/aromatic N) is 2. The Hall–Kier alpha value is -3.72. The van der Waals surface area contributed by atoms with Gasteiger partial charge in [-0.05, 0) is 0 Å². The Morgan fingerprint density at radius 1 is 0.562 bits per heavy atom. The van der Waals surface area contributed by atoms with Crippen molar-refractivity contribution in [2.75, 3.05) is 0 Å². The zero-order valence-electron chi connectivity index (χ0n) is 26.1. The SMILES string of the molecule is [B]/C(C)=C([B])/C([B])=c1/c(-c2nc3ccccc3n2-c2ccccc2)c2c([B])c([B])c([B])c([B])c2c(-c2c([B])c([B])c([B])c([B])c2[B])c1=[B]. The number of aromatic nitrogens is 2. The fourth-order valence-corrected chi connectivity index (χ4v) is 6.13. The summed E-state index contributed by atoms with van der Waals surface area (Å²) in [6.45, 7) is 1.60. The molecule has 1 aromatic heterocycles. The zero-order valence-corrected chi connectivity index (χ0v) is 26.1. The molecule has 25 radical (unpaired) electrons. The van der Waals surface area contributed by atoms with Crippen LogP contribution in [0.2, 0.25) is 0 Å². The minimum absolute atomic E-state index is 0.000725. The van der Waals surface area contributed by atoms with Crippen LogP contribution in [-0.4, -0.2) is 111 Å². The van der Waals surface area contributed by atoms with Gasteiger partial charge < -0.3 is 0 Å². The van der Waals surface area contributed by atoms with E-state index in [4.69, 9.17) is 107 Å². The van der Waals surface area contributed by atoms with Gasteiger partial charge >= 0.3 is 299 Å². The van der Waals surface area contributed by atoms with Crippen LogP contribution in [0, 0.1) is 5.11 Å². The number of fused-ring (bicyclic) bond motifs is 2. The first-order valence-electron chi connectivity index (χ1n) is 14.6. The predicted octanol–water partition coefficient (Wildman–Crippen LogP) is -5.08. The van der Waals surface area contributed by atoms with E-state index >= 15 is 0 Å². The number of para-hydroxylation sites is 3. The minimum atomic E-state index is -0.0233. The molecule has 6 aromatic rings. The van der Waals surface area contributed by atoms with Gasteiger partial charge in [-0.15, -0.1) is 0 Å². The molecule has 5 aromatic carbocycles. The van der Waals surface area contributed by atoms with E-state index in [0.717, 1.165) is 11.2 Å². The second-order valence-electron chi connectivity index (χ2n) is 11.5. The summed E-state index contributed by atoms with van der Waals surface area (Å²) in [4.78, 5) is 5.07. The fraction of sp³-hybridized carbons (Fsp3) is 0.0303. The molecule has 0 aliphatic heterocycles. The molecule has 0 saturated heterocycles. The Morgan fingerprint density at radius 2 is 1.04 bits per heavy atom. The molecule has 0 aliphatic rings. The van der Waals surface area contributed by atoms with Crippen LogP contribution in [0.1, 0.15) is 6.92 Å². The average Bonchev–Trinajstić information content (AvgIpc) is 3.47. The van der Waals surface area contributed by atoms with Gasteiger partial charge in [0.15, 0.2) is 0 Å². The summed E-state index contributed by atoms with van der Waals surface area (Å²) in [7, 11) is 85.4. The van der Waals surface area contributed by atoms with E-state index in [-0.39, 0.29) is 97.8 Å². The number of hydrogen-bond acceptors (Lipinski definition) is 1. The first-order chi connectivity index (χ1) is 22.7. The molecule has 0 amide bonds. The summed E-state index contributed by atoms with van der Waals surface area (Å²) >= 11 is 0. The van der Waals surface area contributed by atoms with Crippen LogP contribution in [0.5, 0.6) is 0 Å². The van der Waals surface area contributed by atoms with Crippen LogP contribution in [0.3, 0.4) is 0 Å². The molecule has 15 heteroatoms. The van der Waals surface area contributed by atoms with Crippen molar-refractivity contribution in [3.05, 3.63) is 75.9 Å². The van der Waals surface area contributed by atoms with Crippen molar-refractivity contribution in [3.63, 3.8) is 0 Å². The normalized spacial score (nSPS) is 12.8. The molecule has 0 unspecified atom stereocenters. The van der Waals surface area contributed by atoms with Crippen LogP contribution < -0.4 is 54.4 Å². The van der Waals surface area contributed by atoms with Crippen LogP contribution in [0.15, 0.2) is 65.5 Å². The number of rotatable bonds is 4. The Kier molecular flexibility index (Phi) is 8.99. The Labute approximate surface area is 297 Å². The topological polar surface area (TPSA) is 17.8 Å². The average molecular weight is 577 g/mol. The predicted molar refractivity (Wildman–Crippen MR) is 216 cm³/mol.